The van der Waals surface area contributed by atoms with Gasteiger partial charge >= 0.3 is 0 Å². The molecule has 4 N–H and O–H groups in total. The maximum Gasteiger partial charge on any atom is 0.234 e. The van der Waals surface area contributed by atoms with Crippen molar-refractivity contribution in [1.82, 2.24) is 0 Å². The number of rotatable bonds is 1. The third-order valence-corrected chi connectivity index (χ3v) is 3.73. The van der Waals surface area contributed by atoms with Crippen LogP contribution in [0.3, 0.4) is 0 Å². The van der Waals surface area contributed by atoms with Gasteiger partial charge in [-0.25, -0.2) is 0 Å². The van der Waals surface area contributed by atoms with Gasteiger partial charge in [-0.15, -0.1) is 0 Å². The molecule has 2 fully saturated rings. The number of carbonyl (C=O) groups is 2. The minimum atomic E-state index is -2.52. The first kappa shape index (κ1) is 13.6. The van der Waals surface area contributed by atoms with E-state index in [2.05, 4.69) is 0 Å². The van der Waals surface area contributed by atoms with Crippen LogP contribution in [0, 0.1) is 0 Å². The van der Waals surface area contributed by atoms with Crippen LogP contribution < -0.4 is 0 Å². The number of allylic oxidation sites excluding steroid dienone is 3. The molecule has 0 bridgehead atoms. The minimum absolute atomic E-state index is 0.410. The first-order chi connectivity index (χ1) is 9.21. The second-order valence-electron chi connectivity index (χ2n) is 5.07. The average molecular weight is 284 g/mol. The van der Waals surface area contributed by atoms with Gasteiger partial charge in [0.15, 0.2) is 23.3 Å². The van der Waals surface area contributed by atoms with E-state index < -0.39 is 53.6 Å². The largest absolute Gasteiger partial charge is 0.377 e. The summed E-state index contributed by atoms with van der Waals surface area (Å²) in [7, 11) is 0. The normalized spacial score (nSPS) is 42.8. The summed E-state index contributed by atoms with van der Waals surface area (Å²) in [4.78, 5) is 23.2. The van der Waals surface area contributed by atoms with Gasteiger partial charge in [-0.1, -0.05) is 0 Å². The molecular weight excluding hydrogens is 272 g/mol. The molecule has 0 aromatic heterocycles. The lowest BCUT2D eigenvalue weighted by Crippen LogP contribution is -2.60. The summed E-state index contributed by atoms with van der Waals surface area (Å²) < 4.78 is 9.88. The van der Waals surface area contributed by atoms with Crippen molar-refractivity contribution in [1.29, 1.82) is 0 Å². The predicted octanol–water partition coefficient (Wildman–Crippen LogP) is -2.85. The molecule has 1 aliphatic carbocycles. The number of hydrogen-bond acceptors (Lipinski definition) is 8. The zero-order chi connectivity index (χ0) is 14.8. The van der Waals surface area contributed by atoms with Crippen molar-refractivity contribution in [2.75, 3.05) is 13.2 Å². The van der Waals surface area contributed by atoms with Crippen LogP contribution in [0.4, 0.5) is 0 Å². The first-order valence-corrected chi connectivity index (χ1v) is 5.84. The molecule has 2 saturated heterocycles. The molecule has 20 heavy (non-hydrogen) atoms. The molecule has 108 valence electrons. The molecule has 0 aromatic rings. The lowest BCUT2D eigenvalue weighted by molar-refractivity contribution is -0.257. The molecule has 8 nitrogen and oxygen atoms in total. The van der Waals surface area contributed by atoms with Crippen LogP contribution in [0.15, 0.2) is 23.8 Å². The summed E-state index contributed by atoms with van der Waals surface area (Å²) in [6.45, 7) is -1.32. The van der Waals surface area contributed by atoms with E-state index in [4.69, 9.17) is 9.47 Å². The van der Waals surface area contributed by atoms with E-state index in [1.807, 2.05) is 0 Å². The highest BCUT2D eigenvalue weighted by atomic mass is 16.7. The monoisotopic (exact) mass is 284 g/mol. The molecular formula is C12H12O8. The van der Waals surface area contributed by atoms with Gasteiger partial charge in [0.1, 0.15) is 6.61 Å². The van der Waals surface area contributed by atoms with Gasteiger partial charge in [-0.2, -0.15) is 0 Å². The zero-order valence-corrected chi connectivity index (χ0v) is 10.1. The fourth-order valence-electron chi connectivity index (χ4n) is 2.67. The van der Waals surface area contributed by atoms with Gasteiger partial charge < -0.3 is 29.9 Å². The summed E-state index contributed by atoms with van der Waals surface area (Å²) >= 11 is 0. The average Bonchev–Trinajstić information content (AvgIpc) is 2.78. The number of ether oxygens (including phenoxy) is 2. The molecule has 0 spiro atoms. The van der Waals surface area contributed by atoms with Crippen molar-refractivity contribution in [3.63, 3.8) is 0 Å². The topological polar surface area (TPSA) is 134 Å². The summed E-state index contributed by atoms with van der Waals surface area (Å²) in [5.41, 5.74) is -2.77. The lowest BCUT2D eigenvalue weighted by Gasteiger charge is -2.35. The van der Waals surface area contributed by atoms with Crippen molar-refractivity contribution in [2.24, 2.45) is 0 Å². The fourth-order valence-corrected chi connectivity index (χ4v) is 2.67. The molecule has 2 aliphatic heterocycles. The molecule has 3 atom stereocenters. The van der Waals surface area contributed by atoms with Crippen LogP contribution in [-0.2, 0) is 19.1 Å². The third kappa shape index (κ3) is 1.51. The Morgan fingerprint density at radius 1 is 1.10 bits per heavy atom. The van der Waals surface area contributed by atoms with E-state index >= 15 is 0 Å². The van der Waals surface area contributed by atoms with Crippen LogP contribution in [0.5, 0.6) is 0 Å². The van der Waals surface area contributed by atoms with Crippen LogP contribution in [0.2, 0.25) is 0 Å². The Labute approximate surface area is 112 Å². The van der Waals surface area contributed by atoms with Crippen molar-refractivity contribution >= 4 is 11.6 Å². The van der Waals surface area contributed by atoms with E-state index in [1.165, 1.54) is 0 Å². The van der Waals surface area contributed by atoms with E-state index in [1.54, 1.807) is 0 Å². The summed E-state index contributed by atoms with van der Waals surface area (Å²) in [6.07, 6.45) is 1.18. The lowest BCUT2D eigenvalue weighted by atomic mass is 9.80. The Balaban J connectivity index is 2.06. The second-order valence-corrected chi connectivity index (χ2v) is 5.07. The maximum absolute atomic E-state index is 11.8. The van der Waals surface area contributed by atoms with Crippen molar-refractivity contribution in [2.45, 2.75) is 23.3 Å². The molecule has 0 aromatic carbocycles. The van der Waals surface area contributed by atoms with Crippen LogP contribution in [0.25, 0.3) is 0 Å². The Kier molecular flexibility index (Phi) is 2.59. The molecule has 2 heterocycles. The van der Waals surface area contributed by atoms with Gasteiger partial charge in [0.2, 0.25) is 11.6 Å². The van der Waals surface area contributed by atoms with Gasteiger partial charge in [0, 0.05) is 5.57 Å². The van der Waals surface area contributed by atoms with Crippen molar-refractivity contribution < 1.29 is 39.5 Å². The van der Waals surface area contributed by atoms with Crippen LogP contribution in [-0.4, -0.2) is 68.5 Å². The summed E-state index contributed by atoms with van der Waals surface area (Å²) in [5.74, 6) is -6.26. The molecule has 0 radical (unpaired) electrons. The van der Waals surface area contributed by atoms with Crippen molar-refractivity contribution in [3.05, 3.63) is 23.8 Å². The number of carbonyl (C=O) groups excluding carboxylic acids is 2. The van der Waals surface area contributed by atoms with Gasteiger partial charge in [-0.05, 0) is 18.2 Å². The molecule has 0 saturated carbocycles. The predicted molar refractivity (Wildman–Crippen MR) is 60.0 cm³/mol. The Morgan fingerprint density at radius 2 is 1.80 bits per heavy atom. The highest BCUT2D eigenvalue weighted by Gasteiger charge is 2.73. The van der Waals surface area contributed by atoms with Crippen LogP contribution >= 0.6 is 0 Å². The highest BCUT2D eigenvalue weighted by Crippen LogP contribution is 2.48. The van der Waals surface area contributed by atoms with Gasteiger partial charge in [-0.3, -0.25) is 9.59 Å². The SMILES string of the molecule is O=C1C=CC(=O)C([C@@]2(O)CO[C@@H]3C(O)(O)CO[C@@]32O)=C1. The second kappa shape index (κ2) is 3.82. The first-order valence-electron chi connectivity index (χ1n) is 5.84. The number of fused-ring (bicyclic) bond motifs is 1. The zero-order valence-electron chi connectivity index (χ0n) is 10.1. The fraction of sp³-hybridized carbons (Fsp3) is 0.500. The number of hydrogen-bond donors (Lipinski definition) is 4. The Hall–Kier alpha value is -1.42. The van der Waals surface area contributed by atoms with Gasteiger partial charge in [0.05, 0.1) is 6.61 Å². The minimum Gasteiger partial charge on any atom is -0.377 e. The van der Waals surface area contributed by atoms with E-state index in [-0.39, 0.29) is 0 Å². The third-order valence-electron chi connectivity index (χ3n) is 3.73. The van der Waals surface area contributed by atoms with E-state index in [9.17, 15) is 30.0 Å². The molecule has 0 amide bonds. The maximum atomic E-state index is 11.8. The molecule has 3 aliphatic rings. The van der Waals surface area contributed by atoms with E-state index in [0.29, 0.717) is 0 Å². The van der Waals surface area contributed by atoms with Crippen molar-refractivity contribution in [3.8, 4) is 0 Å². The molecule has 0 unspecified atom stereocenters. The smallest absolute Gasteiger partial charge is 0.234 e. The number of ketones is 2. The van der Waals surface area contributed by atoms with E-state index in [0.717, 1.165) is 18.2 Å². The quantitative estimate of drug-likeness (QED) is 0.299. The molecule has 3 rings (SSSR count). The Bertz CT molecular complexity index is 562. The number of aliphatic hydroxyl groups is 4. The summed E-state index contributed by atoms with van der Waals surface area (Å²) in [5, 5.41) is 40.2. The van der Waals surface area contributed by atoms with Gasteiger partial charge in [0.25, 0.3) is 0 Å². The highest BCUT2D eigenvalue weighted by molar-refractivity contribution is 6.18. The van der Waals surface area contributed by atoms with Crippen LogP contribution in [0.1, 0.15) is 0 Å². The standard InChI is InChI=1S/C12H12O8/c13-6-1-2-8(14)7(3-6)10(15)4-19-9-11(16,17)5-20-12(9,10)18/h1-3,9,15-18H,4-5H2/t9-,10+,12+/m1/s1. The molecule has 8 heteroatoms. The summed E-state index contributed by atoms with van der Waals surface area (Å²) in [6, 6.07) is 0. The Morgan fingerprint density at radius 3 is 2.50 bits per heavy atom.